The van der Waals surface area contributed by atoms with Gasteiger partial charge in [-0.2, -0.15) is 0 Å². The molecular formula is C24H32N2O3. The van der Waals surface area contributed by atoms with Crippen LogP contribution in [-0.2, 0) is 9.59 Å². The lowest BCUT2D eigenvalue weighted by molar-refractivity contribution is -0.139. The van der Waals surface area contributed by atoms with Crippen molar-refractivity contribution in [2.24, 2.45) is 0 Å². The second-order valence-electron chi connectivity index (χ2n) is 7.95. The molecule has 0 saturated heterocycles. The molecule has 156 valence electrons. The second-order valence-corrected chi connectivity index (χ2v) is 7.95. The van der Waals surface area contributed by atoms with Gasteiger partial charge in [-0.1, -0.05) is 44.2 Å². The Morgan fingerprint density at radius 3 is 2.21 bits per heavy atom. The zero-order valence-electron chi connectivity index (χ0n) is 18.5. The molecule has 2 aromatic rings. The molecule has 0 aromatic heterocycles. The van der Waals surface area contributed by atoms with Crippen molar-refractivity contribution >= 4 is 17.5 Å². The first kappa shape index (κ1) is 22.5. The van der Waals surface area contributed by atoms with Crippen LogP contribution in [0.25, 0.3) is 0 Å². The van der Waals surface area contributed by atoms with Gasteiger partial charge in [-0.3, -0.25) is 9.59 Å². The molecule has 0 fully saturated rings. The molecule has 0 bridgehead atoms. The number of nitrogens with zero attached hydrogens (tertiary/aromatic N) is 1. The van der Waals surface area contributed by atoms with Gasteiger partial charge in [-0.15, -0.1) is 0 Å². The third-order valence-corrected chi connectivity index (χ3v) is 5.03. The molecule has 29 heavy (non-hydrogen) atoms. The number of para-hydroxylation sites is 1. The molecular weight excluding hydrogens is 364 g/mol. The molecule has 5 nitrogen and oxygen atoms in total. The van der Waals surface area contributed by atoms with Crippen molar-refractivity contribution in [3.05, 3.63) is 58.7 Å². The zero-order chi connectivity index (χ0) is 21.7. The Morgan fingerprint density at radius 2 is 1.62 bits per heavy atom. The maximum atomic E-state index is 12.7. The number of hydrogen-bond acceptors (Lipinski definition) is 3. The molecule has 1 unspecified atom stereocenters. The Bertz CT molecular complexity index is 869. The van der Waals surface area contributed by atoms with Crippen LogP contribution in [0.2, 0.25) is 0 Å². The SMILES string of the molecule is Cc1ccc(C(C)C)cc1OC(C)C(=O)N(C)CC(=O)Nc1c(C)cccc1C. The Balaban J connectivity index is 2.00. The number of anilines is 1. The van der Waals surface area contributed by atoms with Crippen LogP contribution in [0.3, 0.4) is 0 Å². The van der Waals surface area contributed by atoms with Crippen molar-refractivity contribution in [1.29, 1.82) is 0 Å². The molecule has 0 aliphatic rings. The van der Waals surface area contributed by atoms with Crippen LogP contribution in [0.5, 0.6) is 5.75 Å². The van der Waals surface area contributed by atoms with E-state index in [1.807, 2.05) is 51.1 Å². The summed E-state index contributed by atoms with van der Waals surface area (Å²) in [5, 5.41) is 2.91. The fraction of sp³-hybridized carbons (Fsp3) is 0.417. The standard InChI is InChI=1S/C24H32N2O3/c1-15(2)20-12-11-16(3)21(13-20)29-19(6)24(28)26(7)14-22(27)25-23-17(4)9-8-10-18(23)5/h8-13,15,19H,14H2,1-7H3,(H,25,27). The molecule has 0 radical (unpaired) electrons. The van der Waals surface area contributed by atoms with Crippen molar-refractivity contribution < 1.29 is 14.3 Å². The second kappa shape index (κ2) is 9.59. The van der Waals surface area contributed by atoms with Gasteiger partial charge in [0.25, 0.3) is 5.91 Å². The van der Waals surface area contributed by atoms with Gasteiger partial charge in [0.2, 0.25) is 5.91 Å². The van der Waals surface area contributed by atoms with Gasteiger partial charge in [-0.25, -0.2) is 0 Å². The van der Waals surface area contributed by atoms with Gasteiger partial charge in [0.15, 0.2) is 6.10 Å². The lowest BCUT2D eigenvalue weighted by Crippen LogP contribution is -2.42. The fourth-order valence-electron chi connectivity index (χ4n) is 3.14. The van der Waals surface area contributed by atoms with Crippen molar-refractivity contribution in [2.75, 3.05) is 18.9 Å². The lowest BCUT2D eigenvalue weighted by Gasteiger charge is -2.23. The molecule has 5 heteroatoms. The number of hydrogen-bond donors (Lipinski definition) is 1. The van der Waals surface area contributed by atoms with Crippen LogP contribution in [-0.4, -0.2) is 36.4 Å². The first-order chi connectivity index (χ1) is 13.6. The molecule has 0 aliphatic carbocycles. The highest BCUT2D eigenvalue weighted by Gasteiger charge is 2.22. The minimum Gasteiger partial charge on any atom is -0.481 e. The number of aryl methyl sites for hydroxylation is 3. The van der Waals surface area contributed by atoms with Gasteiger partial charge in [0.1, 0.15) is 5.75 Å². The molecule has 0 aliphatic heterocycles. The summed E-state index contributed by atoms with van der Waals surface area (Å²) >= 11 is 0. The maximum absolute atomic E-state index is 12.7. The minimum atomic E-state index is -0.686. The molecule has 0 heterocycles. The van der Waals surface area contributed by atoms with Gasteiger partial charge in [0, 0.05) is 12.7 Å². The highest BCUT2D eigenvalue weighted by molar-refractivity contribution is 5.96. The van der Waals surface area contributed by atoms with Crippen LogP contribution in [0, 0.1) is 20.8 Å². The highest BCUT2D eigenvalue weighted by atomic mass is 16.5. The van der Waals surface area contributed by atoms with Crippen LogP contribution < -0.4 is 10.1 Å². The Kier molecular flexibility index (Phi) is 7.43. The van der Waals surface area contributed by atoms with E-state index in [0.29, 0.717) is 11.7 Å². The summed E-state index contributed by atoms with van der Waals surface area (Å²) in [4.78, 5) is 26.6. The summed E-state index contributed by atoms with van der Waals surface area (Å²) in [6.45, 7) is 11.8. The molecule has 1 N–H and O–H groups in total. The zero-order valence-corrected chi connectivity index (χ0v) is 18.5. The van der Waals surface area contributed by atoms with E-state index in [2.05, 4.69) is 25.2 Å². The highest BCUT2D eigenvalue weighted by Crippen LogP contribution is 2.25. The van der Waals surface area contributed by atoms with Crippen LogP contribution >= 0.6 is 0 Å². The number of benzene rings is 2. The minimum absolute atomic E-state index is 0.0364. The van der Waals surface area contributed by atoms with Crippen LogP contribution in [0.4, 0.5) is 5.69 Å². The van der Waals surface area contributed by atoms with E-state index >= 15 is 0 Å². The summed E-state index contributed by atoms with van der Waals surface area (Å²) in [5.41, 5.74) is 4.91. The average molecular weight is 397 g/mol. The third kappa shape index (κ3) is 5.83. The Morgan fingerprint density at radius 1 is 1.00 bits per heavy atom. The topological polar surface area (TPSA) is 58.6 Å². The quantitative estimate of drug-likeness (QED) is 0.744. The number of carbonyl (C=O) groups excluding carboxylic acids is 2. The monoisotopic (exact) mass is 396 g/mol. The molecule has 0 spiro atoms. The molecule has 2 rings (SSSR count). The number of amides is 2. The van der Waals surface area contributed by atoms with E-state index in [-0.39, 0.29) is 18.4 Å². The summed E-state index contributed by atoms with van der Waals surface area (Å²) in [6.07, 6.45) is -0.686. The van der Waals surface area contributed by atoms with Gasteiger partial charge in [-0.05, 0) is 61.9 Å². The fourth-order valence-corrected chi connectivity index (χ4v) is 3.14. The summed E-state index contributed by atoms with van der Waals surface area (Å²) in [7, 11) is 1.61. The van der Waals surface area contributed by atoms with Crippen molar-refractivity contribution in [3.8, 4) is 5.75 Å². The van der Waals surface area contributed by atoms with Crippen molar-refractivity contribution in [3.63, 3.8) is 0 Å². The number of rotatable bonds is 7. The predicted molar refractivity (Wildman–Crippen MR) is 118 cm³/mol. The van der Waals surface area contributed by atoms with Gasteiger partial charge in [0.05, 0.1) is 6.54 Å². The van der Waals surface area contributed by atoms with E-state index in [0.717, 1.165) is 27.9 Å². The third-order valence-electron chi connectivity index (χ3n) is 5.03. The van der Waals surface area contributed by atoms with Crippen molar-refractivity contribution in [2.45, 2.75) is 53.6 Å². The van der Waals surface area contributed by atoms with E-state index in [1.54, 1.807) is 14.0 Å². The van der Waals surface area contributed by atoms with Crippen molar-refractivity contribution in [1.82, 2.24) is 4.90 Å². The number of carbonyl (C=O) groups is 2. The summed E-state index contributed by atoms with van der Waals surface area (Å²) in [6, 6.07) is 11.9. The smallest absolute Gasteiger partial charge is 0.263 e. The number of nitrogens with one attached hydrogen (secondary N) is 1. The number of likely N-dealkylation sites (N-methyl/N-ethyl adjacent to an activating group) is 1. The summed E-state index contributed by atoms with van der Waals surface area (Å²) in [5.74, 6) is 0.602. The molecule has 1 atom stereocenters. The van der Waals surface area contributed by atoms with E-state index in [1.165, 1.54) is 4.90 Å². The summed E-state index contributed by atoms with van der Waals surface area (Å²) < 4.78 is 5.93. The largest absolute Gasteiger partial charge is 0.481 e. The van der Waals surface area contributed by atoms with Gasteiger partial charge >= 0.3 is 0 Å². The van der Waals surface area contributed by atoms with Gasteiger partial charge < -0.3 is 15.0 Å². The Hall–Kier alpha value is -2.82. The maximum Gasteiger partial charge on any atom is 0.263 e. The first-order valence-corrected chi connectivity index (χ1v) is 9.98. The lowest BCUT2D eigenvalue weighted by atomic mass is 10.0. The van der Waals surface area contributed by atoms with Crippen LogP contribution in [0.15, 0.2) is 36.4 Å². The molecule has 2 aromatic carbocycles. The first-order valence-electron chi connectivity index (χ1n) is 9.98. The predicted octanol–water partition coefficient (Wildman–Crippen LogP) is 4.60. The average Bonchev–Trinajstić information content (AvgIpc) is 2.65. The number of ether oxygens (including phenoxy) is 1. The van der Waals surface area contributed by atoms with E-state index in [4.69, 9.17) is 4.74 Å². The van der Waals surface area contributed by atoms with E-state index < -0.39 is 6.10 Å². The Labute approximate surface area is 174 Å². The molecule has 0 saturated carbocycles. The normalized spacial score (nSPS) is 11.9. The van der Waals surface area contributed by atoms with E-state index in [9.17, 15) is 9.59 Å². The van der Waals surface area contributed by atoms with Crippen LogP contribution in [0.1, 0.15) is 48.9 Å². The molecule has 2 amide bonds.